The molecule has 1 fully saturated rings. The summed E-state index contributed by atoms with van der Waals surface area (Å²) < 4.78 is 0. The third-order valence-electron chi connectivity index (χ3n) is 4.00. The summed E-state index contributed by atoms with van der Waals surface area (Å²) in [5.74, 6) is 2.60. The van der Waals surface area contributed by atoms with Gasteiger partial charge in [-0.1, -0.05) is 45.4 Å². The minimum absolute atomic E-state index is 0.824. The normalized spacial score (nSPS) is 24.6. The molecular weight excluding hydrogens is 206 g/mol. The lowest BCUT2D eigenvalue weighted by Crippen LogP contribution is -2.19. The number of rotatable bonds is 4. The van der Waals surface area contributed by atoms with E-state index in [2.05, 4.69) is 56.0 Å². The van der Waals surface area contributed by atoms with E-state index < -0.39 is 0 Å². The maximum atomic E-state index is 2.57. The molecule has 0 spiro atoms. The molecule has 0 bridgehead atoms. The van der Waals surface area contributed by atoms with Crippen LogP contribution in [0, 0.1) is 17.8 Å². The largest absolute Gasteiger partial charge is 0.371 e. The van der Waals surface area contributed by atoms with Crippen molar-refractivity contribution >= 4 is 5.69 Å². The zero-order chi connectivity index (χ0) is 12.3. The van der Waals surface area contributed by atoms with Gasteiger partial charge in [0.05, 0.1) is 0 Å². The number of benzene rings is 1. The van der Waals surface area contributed by atoms with E-state index in [1.165, 1.54) is 31.6 Å². The molecule has 1 heteroatoms. The first kappa shape index (κ1) is 12.5. The quantitative estimate of drug-likeness (QED) is 0.751. The van der Waals surface area contributed by atoms with Crippen molar-refractivity contribution in [1.82, 2.24) is 0 Å². The maximum Gasteiger partial charge on any atom is 0.0366 e. The molecule has 1 heterocycles. The van der Waals surface area contributed by atoms with Crippen LogP contribution in [0.5, 0.6) is 0 Å². The van der Waals surface area contributed by atoms with Gasteiger partial charge in [-0.05, 0) is 36.3 Å². The highest BCUT2D eigenvalue weighted by molar-refractivity contribution is 5.47. The molecule has 0 N–H and O–H groups in total. The minimum atomic E-state index is 0.824. The fourth-order valence-corrected chi connectivity index (χ4v) is 3.12. The van der Waals surface area contributed by atoms with E-state index in [1.54, 1.807) is 0 Å². The second-order valence-electron chi connectivity index (χ2n) is 5.80. The topological polar surface area (TPSA) is 3.24 Å². The number of nitrogens with zero attached hydrogens (tertiary/aromatic N) is 1. The number of hydrogen-bond acceptors (Lipinski definition) is 1. The van der Waals surface area contributed by atoms with Crippen molar-refractivity contribution in [2.24, 2.45) is 17.8 Å². The first-order chi connectivity index (χ1) is 8.20. The number of para-hydroxylation sites is 1. The zero-order valence-corrected chi connectivity index (χ0v) is 11.4. The van der Waals surface area contributed by atoms with Crippen LogP contribution in [-0.4, -0.2) is 13.1 Å². The Bertz CT molecular complexity index is 331. The van der Waals surface area contributed by atoms with E-state index in [0.717, 1.165) is 17.8 Å². The summed E-state index contributed by atoms with van der Waals surface area (Å²) in [6, 6.07) is 10.9. The average Bonchev–Trinajstić information content (AvgIpc) is 2.72. The van der Waals surface area contributed by atoms with Crippen molar-refractivity contribution in [3.63, 3.8) is 0 Å². The van der Waals surface area contributed by atoms with E-state index >= 15 is 0 Å². The van der Waals surface area contributed by atoms with Gasteiger partial charge in [0.15, 0.2) is 0 Å². The monoisotopic (exact) mass is 231 g/mol. The van der Waals surface area contributed by atoms with Gasteiger partial charge >= 0.3 is 0 Å². The van der Waals surface area contributed by atoms with Crippen LogP contribution in [0.15, 0.2) is 30.3 Å². The van der Waals surface area contributed by atoms with E-state index in [0.29, 0.717) is 0 Å². The van der Waals surface area contributed by atoms with Crippen molar-refractivity contribution in [2.45, 2.75) is 33.6 Å². The highest BCUT2D eigenvalue weighted by Crippen LogP contribution is 2.33. The summed E-state index contributed by atoms with van der Waals surface area (Å²) in [6.07, 6.45) is 2.70. The molecule has 0 radical (unpaired) electrons. The Labute approximate surface area is 106 Å². The van der Waals surface area contributed by atoms with Gasteiger partial charge in [-0.2, -0.15) is 0 Å². The van der Waals surface area contributed by atoms with Gasteiger partial charge in [0.25, 0.3) is 0 Å². The van der Waals surface area contributed by atoms with Crippen LogP contribution in [0.3, 0.4) is 0 Å². The first-order valence-corrected chi connectivity index (χ1v) is 7.00. The highest BCUT2D eigenvalue weighted by Gasteiger charge is 2.31. The van der Waals surface area contributed by atoms with Crippen LogP contribution in [0.1, 0.15) is 33.6 Å². The molecular formula is C16H25N. The molecule has 0 amide bonds. The first-order valence-electron chi connectivity index (χ1n) is 7.00. The van der Waals surface area contributed by atoms with Gasteiger partial charge in [-0.15, -0.1) is 0 Å². The Morgan fingerprint density at radius 3 is 2.35 bits per heavy atom. The Morgan fingerprint density at radius 2 is 1.76 bits per heavy atom. The van der Waals surface area contributed by atoms with Crippen molar-refractivity contribution < 1.29 is 0 Å². The Morgan fingerprint density at radius 1 is 1.12 bits per heavy atom. The second-order valence-corrected chi connectivity index (χ2v) is 5.80. The van der Waals surface area contributed by atoms with Crippen LogP contribution in [0.2, 0.25) is 0 Å². The summed E-state index contributed by atoms with van der Waals surface area (Å²) in [5.41, 5.74) is 1.40. The van der Waals surface area contributed by atoms with Gasteiger partial charge in [-0.25, -0.2) is 0 Å². The molecule has 0 aliphatic carbocycles. The van der Waals surface area contributed by atoms with Gasteiger partial charge in [-0.3, -0.25) is 0 Å². The van der Waals surface area contributed by atoms with Crippen LogP contribution in [0.25, 0.3) is 0 Å². The molecule has 0 saturated carbocycles. The van der Waals surface area contributed by atoms with Crippen molar-refractivity contribution in [1.29, 1.82) is 0 Å². The standard InChI is InChI=1S/C16H25N/c1-4-14-11-17(12-15(14)10-13(2)3)16-8-6-5-7-9-16/h5-9,13-15H,4,10-12H2,1-3H3. The maximum absolute atomic E-state index is 2.57. The Kier molecular flexibility index (Phi) is 4.09. The highest BCUT2D eigenvalue weighted by atomic mass is 15.2. The molecule has 17 heavy (non-hydrogen) atoms. The molecule has 1 nitrogen and oxygen atoms in total. The molecule has 1 aromatic rings. The zero-order valence-electron chi connectivity index (χ0n) is 11.4. The smallest absolute Gasteiger partial charge is 0.0366 e. The van der Waals surface area contributed by atoms with E-state index in [1.807, 2.05) is 0 Å². The third kappa shape index (κ3) is 3.02. The molecule has 2 unspecified atom stereocenters. The fourth-order valence-electron chi connectivity index (χ4n) is 3.12. The molecule has 1 aliphatic heterocycles. The fraction of sp³-hybridized carbons (Fsp3) is 0.625. The summed E-state index contributed by atoms with van der Waals surface area (Å²) in [4.78, 5) is 2.57. The molecule has 0 aromatic heterocycles. The lowest BCUT2D eigenvalue weighted by molar-refractivity contribution is 0.340. The van der Waals surface area contributed by atoms with Crippen molar-refractivity contribution in [2.75, 3.05) is 18.0 Å². The second kappa shape index (κ2) is 5.57. The number of hydrogen-bond donors (Lipinski definition) is 0. The molecule has 1 saturated heterocycles. The molecule has 1 aromatic carbocycles. The summed E-state index contributed by atoms with van der Waals surface area (Å²) in [6.45, 7) is 9.53. The van der Waals surface area contributed by atoms with Gasteiger partial charge in [0.2, 0.25) is 0 Å². The number of anilines is 1. The molecule has 94 valence electrons. The van der Waals surface area contributed by atoms with Gasteiger partial charge in [0, 0.05) is 18.8 Å². The summed E-state index contributed by atoms with van der Waals surface area (Å²) in [7, 11) is 0. The third-order valence-corrected chi connectivity index (χ3v) is 4.00. The average molecular weight is 231 g/mol. The van der Waals surface area contributed by atoms with Crippen LogP contribution in [-0.2, 0) is 0 Å². The van der Waals surface area contributed by atoms with E-state index in [-0.39, 0.29) is 0 Å². The SMILES string of the molecule is CCC1CN(c2ccccc2)CC1CC(C)C. The molecule has 2 rings (SSSR count). The van der Waals surface area contributed by atoms with Crippen molar-refractivity contribution in [3.05, 3.63) is 30.3 Å². The summed E-state index contributed by atoms with van der Waals surface area (Å²) >= 11 is 0. The van der Waals surface area contributed by atoms with Crippen LogP contribution >= 0.6 is 0 Å². The Balaban J connectivity index is 2.04. The lowest BCUT2D eigenvalue weighted by Gasteiger charge is -2.19. The van der Waals surface area contributed by atoms with Crippen LogP contribution < -0.4 is 4.90 Å². The van der Waals surface area contributed by atoms with Gasteiger partial charge in [0.1, 0.15) is 0 Å². The lowest BCUT2D eigenvalue weighted by atomic mass is 9.87. The minimum Gasteiger partial charge on any atom is -0.371 e. The predicted molar refractivity (Wildman–Crippen MR) is 75.4 cm³/mol. The Hall–Kier alpha value is -0.980. The molecule has 1 aliphatic rings. The van der Waals surface area contributed by atoms with Gasteiger partial charge < -0.3 is 4.90 Å². The molecule has 2 atom stereocenters. The van der Waals surface area contributed by atoms with Crippen LogP contribution in [0.4, 0.5) is 5.69 Å². The van der Waals surface area contributed by atoms with E-state index in [4.69, 9.17) is 0 Å². The summed E-state index contributed by atoms with van der Waals surface area (Å²) in [5, 5.41) is 0. The van der Waals surface area contributed by atoms with E-state index in [9.17, 15) is 0 Å². The van der Waals surface area contributed by atoms with Crippen molar-refractivity contribution in [3.8, 4) is 0 Å². The predicted octanol–water partition coefficient (Wildman–Crippen LogP) is 4.20.